The van der Waals surface area contributed by atoms with Gasteiger partial charge in [0.1, 0.15) is 5.01 Å². The number of hydrogen-bond acceptors (Lipinski definition) is 4. The van der Waals surface area contributed by atoms with Gasteiger partial charge in [0.2, 0.25) is 0 Å². The molecule has 0 aliphatic heterocycles. The van der Waals surface area contributed by atoms with Crippen molar-refractivity contribution in [3.8, 4) is 0 Å². The van der Waals surface area contributed by atoms with Crippen LogP contribution in [0.25, 0.3) is 0 Å². The minimum absolute atomic E-state index is 0.262. The zero-order valence-corrected chi connectivity index (χ0v) is 11.3. The fourth-order valence-electron chi connectivity index (χ4n) is 1.16. The highest BCUT2D eigenvalue weighted by Crippen LogP contribution is 2.20. The van der Waals surface area contributed by atoms with Gasteiger partial charge in [0.25, 0.3) is 0 Å². The molecule has 0 spiro atoms. The smallest absolute Gasteiger partial charge is 0.103 e. The molecule has 1 aromatic rings. The fourth-order valence-corrected chi connectivity index (χ4v) is 2.77. The molecule has 1 atom stereocenters. The zero-order chi connectivity index (χ0) is 11.3. The van der Waals surface area contributed by atoms with E-state index in [-0.39, 0.29) is 6.04 Å². The number of nitrogens with zero attached hydrogens (tertiary/aromatic N) is 1. The van der Waals surface area contributed by atoms with E-state index in [4.69, 9.17) is 5.73 Å². The quantitative estimate of drug-likeness (QED) is 0.836. The zero-order valence-electron chi connectivity index (χ0n) is 9.69. The van der Waals surface area contributed by atoms with Gasteiger partial charge in [-0.15, -0.1) is 11.3 Å². The molecule has 0 aliphatic rings. The van der Waals surface area contributed by atoms with Gasteiger partial charge in [0.15, 0.2) is 0 Å². The maximum absolute atomic E-state index is 5.90. The first-order chi connectivity index (χ1) is 7.11. The van der Waals surface area contributed by atoms with Crippen LogP contribution in [0, 0.1) is 0 Å². The van der Waals surface area contributed by atoms with Gasteiger partial charge < -0.3 is 5.73 Å². The fraction of sp³-hybridized carbons (Fsp3) is 0.727. The molecule has 1 rings (SSSR count). The normalized spacial score (nSPS) is 13.4. The van der Waals surface area contributed by atoms with Crippen molar-refractivity contribution in [1.29, 1.82) is 0 Å². The summed E-state index contributed by atoms with van der Waals surface area (Å²) in [5, 5.41) is 4.05. The van der Waals surface area contributed by atoms with Crippen LogP contribution in [0.4, 0.5) is 0 Å². The van der Waals surface area contributed by atoms with Crippen molar-refractivity contribution in [2.45, 2.75) is 50.7 Å². The summed E-state index contributed by atoms with van der Waals surface area (Å²) in [7, 11) is 0. The van der Waals surface area contributed by atoms with E-state index in [2.05, 4.69) is 31.1 Å². The van der Waals surface area contributed by atoms with Crippen molar-refractivity contribution in [2.75, 3.05) is 0 Å². The van der Waals surface area contributed by atoms with E-state index in [9.17, 15) is 0 Å². The molecular weight excluding hydrogens is 224 g/mol. The first-order valence-corrected chi connectivity index (χ1v) is 7.35. The number of nitrogens with two attached hydrogens (primary N) is 1. The van der Waals surface area contributed by atoms with E-state index in [0.29, 0.717) is 5.25 Å². The van der Waals surface area contributed by atoms with Crippen molar-refractivity contribution in [2.24, 2.45) is 5.73 Å². The van der Waals surface area contributed by atoms with Gasteiger partial charge in [-0.1, -0.05) is 20.8 Å². The SMILES string of the molecule is CCC(N)Cc1csc(CSC(C)C)n1. The van der Waals surface area contributed by atoms with Crippen LogP contribution in [0.5, 0.6) is 0 Å². The molecule has 0 fully saturated rings. The Hall–Kier alpha value is -0.0600. The Labute approximate surface area is 101 Å². The van der Waals surface area contributed by atoms with Crippen molar-refractivity contribution < 1.29 is 0 Å². The Balaban J connectivity index is 2.42. The van der Waals surface area contributed by atoms with E-state index in [0.717, 1.165) is 24.3 Å². The third-order valence-electron chi connectivity index (χ3n) is 2.14. The van der Waals surface area contributed by atoms with Crippen LogP contribution in [0.15, 0.2) is 5.38 Å². The largest absolute Gasteiger partial charge is 0.327 e. The molecule has 2 nitrogen and oxygen atoms in total. The van der Waals surface area contributed by atoms with Crippen LogP contribution in [0.3, 0.4) is 0 Å². The van der Waals surface area contributed by atoms with E-state index in [1.54, 1.807) is 11.3 Å². The lowest BCUT2D eigenvalue weighted by Gasteiger charge is -2.04. The summed E-state index contributed by atoms with van der Waals surface area (Å²) in [5.74, 6) is 1.03. The van der Waals surface area contributed by atoms with Crippen molar-refractivity contribution in [3.05, 3.63) is 16.1 Å². The highest BCUT2D eigenvalue weighted by Gasteiger charge is 2.06. The van der Waals surface area contributed by atoms with Gasteiger partial charge in [0.05, 0.1) is 5.69 Å². The molecule has 0 radical (unpaired) electrons. The first-order valence-electron chi connectivity index (χ1n) is 5.42. The second-order valence-electron chi connectivity index (χ2n) is 3.96. The second kappa shape index (κ2) is 6.51. The molecule has 0 saturated heterocycles. The molecule has 0 saturated carbocycles. The number of hydrogen-bond donors (Lipinski definition) is 1. The van der Waals surface area contributed by atoms with E-state index in [1.165, 1.54) is 5.01 Å². The average Bonchev–Trinajstić information content (AvgIpc) is 2.62. The Morgan fingerprint density at radius 3 is 2.87 bits per heavy atom. The van der Waals surface area contributed by atoms with Crippen LogP contribution < -0.4 is 5.73 Å². The second-order valence-corrected chi connectivity index (χ2v) is 6.47. The molecule has 0 aromatic carbocycles. The third kappa shape index (κ3) is 5.00. The topological polar surface area (TPSA) is 38.9 Å². The standard InChI is InChI=1S/C11H20N2S2/c1-4-9(12)5-10-6-15-11(13-10)7-14-8(2)3/h6,8-9H,4-5,7,12H2,1-3H3. The summed E-state index contributed by atoms with van der Waals surface area (Å²) >= 11 is 3.70. The van der Waals surface area contributed by atoms with Crippen molar-refractivity contribution in [1.82, 2.24) is 4.98 Å². The molecule has 86 valence electrons. The van der Waals surface area contributed by atoms with Gasteiger partial charge >= 0.3 is 0 Å². The van der Waals surface area contributed by atoms with E-state index >= 15 is 0 Å². The highest BCUT2D eigenvalue weighted by molar-refractivity contribution is 7.99. The molecule has 0 amide bonds. The molecule has 1 heterocycles. The number of thiazole rings is 1. The number of thioether (sulfide) groups is 1. The molecule has 2 N–H and O–H groups in total. The molecule has 0 aliphatic carbocycles. The minimum Gasteiger partial charge on any atom is -0.327 e. The molecule has 4 heteroatoms. The number of rotatable bonds is 6. The van der Waals surface area contributed by atoms with Gasteiger partial charge in [-0.25, -0.2) is 4.98 Å². The molecule has 1 unspecified atom stereocenters. The predicted molar refractivity (Wildman–Crippen MR) is 70.5 cm³/mol. The lowest BCUT2D eigenvalue weighted by atomic mass is 10.1. The van der Waals surface area contributed by atoms with Crippen molar-refractivity contribution >= 4 is 23.1 Å². The summed E-state index contributed by atoms with van der Waals surface area (Å²) in [6.07, 6.45) is 1.94. The number of aromatic nitrogens is 1. The lowest BCUT2D eigenvalue weighted by molar-refractivity contribution is 0.638. The van der Waals surface area contributed by atoms with E-state index < -0.39 is 0 Å². The Kier molecular flexibility index (Phi) is 5.64. The Morgan fingerprint density at radius 1 is 1.53 bits per heavy atom. The van der Waals surface area contributed by atoms with Crippen LogP contribution in [-0.2, 0) is 12.2 Å². The minimum atomic E-state index is 0.262. The first kappa shape index (κ1) is 13.0. The highest BCUT2D eigenvalue weighted by atomic mass is 32.2. The summed E-state index contributed by atoms with van der Waals surface area (Å²) in [4.78, 5) is 4.59. The van der Waals surface area contributed by atoms with Crippen LogP contribution >= 0.6 is 23.1 Å². The average molecular weight is 244 g/mol. The summed E-state index contributed by atoms with van der Waals surface area (Å²) in [5.41, 5.74) is 7.06. The van der Waals surface area contributed by atoms with Crippen LogP contribution in [-0.4, -0.2) is 16.3 Å². The molecule has 15 heavy (non-hydrogen) atoms. The summed E-state index contributed by atoms with van der Waals surface area (Å²) in [6, 6.07) is 0.262. The monoisotopic (exact) mass is 244 g/mol. The molecule has 1 aromatic heterocycles. The van der Waals surface area contributed by atoms with Crippen molar-refractivity contribution in [3.63, 3.8) is 0 Å². The van der Waals surface area contributed by atoms with Crippen LogP contribution in [0.1, 0.15) is 37.9 Å². The predicted octanol–water partition coefficient (Wildman–Crippen LogP) is 3.06. The lowest BCUT2D eigenvalue weighted by Crippen LogP contribution is -2.21. The maximum Gasteiger partial charge on any atom is 0.103 e. The van der Waals surface area contributed by atoms with E-state index in [1.807, 2.05) is 11.8 Å². The third-order valence-corrected chi connectivity index (χ3v) is 4.32. The Morgan fingerprint density at radius 2 is 2.27 bits per heavy atom. The van der Waals surface area contributed by atoms with Crippen LogP contribution in [0.2, 0.25) is 0 Å². The Bertz CT molecular complexity index is 284. The van der Waals surface area contributed by atoms with Gasteiger partial charge in [0, 0.05) is 23.6 Å². The maximum atomic E-state index is 5.90. The summed E-state index contributed by atoms with van der Waals surface area (Å²) < 4.78 is 0. The van der Waals surface area contributed by atoms with Gasteiger partial charge in [-0.3, -0.25) is 0 Å². The van der Waals surface area contributed by atoms with Gasteiger partial charge in [-0.05, 0) is 11.7 Å². The molecular formula is C11H20N2S2. The summed E-state index contributed by atoms with van der Waals surface area (Å²) in [6.45, 7) is 6.55. The molecule has 0 bridgehead atoms. The van der Waals surface area contributed by atoms with Gasteiger partial charge in [-0.2, -0.15) is 11.8 Å².